The maximum atomic E-state index is 12.6. The van der Waals surface area contributed by atoms with Crippen molar-refractivity contribution in [3.05, 3.63) is 53.9 Å². The Morgan fingerprint density at radius 1 is 1.17 bits per heavy atom. The minimum Gasteiger partial charge on any atom is -0.375 e. The molecular formula is C22H31N5O2. The van der Waals surface area contributed by atoms with Gasteiger partial charge in [0, 0.05) is 63.7 Å². The van der Waals surface area contributed by atoms with Crippen LogP contribution in [-0.4, -0.2) is 71.5 Å². The number of hydrogen-bond acceptors (Lipinski definition) is 4. The molecule has 1 aromatic heterocycles. The number of carbonyl (C=O) groups is 1. The highest BCUT2D eigenvalue weighted by Gasteiger charge is 2.25. The Balaban J connectivity index is 1.22. The van der Waals surface area contributed by atoms with Gasteiger partial charge < -0.3 is 15.0 Å². The predicted molar refractivity (Wildman–Crippen MR) is 112 cm³/mol. The second-order valence-electron chi connectivity index (χ2n) is 8.03. The lowest BCUT2D eigenvalue weighted by Gasteiger charge is -2.32. The molecule has 2 N–H and O–H groups in total. The second kappa shape index (κ2) is 9.89. The van der Waals surface area contributed by atoms with Crippen LogP contribution in [0.4, 0.5) is 4.79 Å². The van der Waals surface area contributed by atoms with Gasteiger partial charge in [-0.3, -0.25) is 10.00 Å². The summed E-state index contributed by atoms with van der Waals surface area (Å²) in [5, 5.41) is 10.2. The first-order valence-corrected chi connectivity index (χ1v) is 10.7. The minimum absolute atomic E-state index is 0.0236. The summed E-state index contributed by atoms with van der Waals surface area (Å²) in [6.07, 6.45) is 4.80. The highest BCUT2D eigenvalue weighted by molar-refractivity contribution is 5.74. The maximum Gasteiger partial charge on any atom is 0.317 e. The van der Waals surface area contributed by atoms with Gasteiger partial charge in [-0.25, -0.2) is 4.79 Å². The summed E-state index contributed by atoms with van der Waals surface area (Å²) in [5.74, 6) is 0.471. The van der Waals surface area contributed by atoms with Crippen LogP contribution in [0.25, 0.3) is 0 Å². The number of ether oxygens (including phenoxy) is 1. The van der Waals surface area contributed by atoms with Crippen LogP contribution in [0.5, 0.6) is 0 Å². The van der Waals surface area contributed by atoms with E-state index in [4.69, 9.17) is 4.74 Å². The number of nitrogens with one attached hydrogen (secondary N) is 2. The first-order valence-electron chi connectivity index (χ1n) is 10.7. The fourth-order valence-corrected chi connectivity index (χ4v) is 4.28. The van der Waals surface area contributed by atoms with E-state index in [9.17, 15) is 4.79 Å². The van der Waals surface area contributed by atoms with E-state index in [1.165, 1.54) is 11.3 Å². The van der Waals surface area contributed by atoms with Gasteiger partial charge in [0.2, 0.25) is 0 Å². The van der Waals surface area contributed by atoms with Crippen LogP contribution in [0, 0.1) is 0 Å². The summed E-state index contributed by atoms with van der Waals surface area (Å²) < 4.78 is 5.99. The third-order valence-electron chi connectivity index (χ3n) is 5.91. The van der Waals surface area contributed by atoms with E-state index in [-0.39, 0.29) is 12.1 Å². The third-order valence-corrected chi connectivity index (χ3v) is 5.91. The molecule has 7 nitrogen and oxygen atoms in total. The number of hydrogen-bond donors (Lipinski definition) is 2. The van der Waals surface area contributed by atoms with E-state index < -0.39 is 0 Å². The maximum absolute atomic E-state index is 12.6. The lowest BCUT2D eigenvalue weighted by atomic mass is 9.94. The molecule has 0 saturated carbocycles. The van der Waals surface area contributed by atoms with Gasteiger partial charge in [-0.15, -0.1) is 0 Å². The molecule has 2 fully saturated rings. The number of urea groups is 1. The van der Waals surface area contributed by atoms with Crippen LogP contribution in [-0.2, 0) is 11.3 Å². The van der Waals surface area contributed by atoms with Crippen molar-refractivity contribution in [3.8, 4) is 0 Å². The number of amides is 2. The van der Waals surface area contributed by atoms with Crippen LogP contribution in [0.1, 0.15) is 36.4 Å². The molecule has 2 aliphatic rings. The number of piperidine rings is 1. The number of aromatic nitrogens is 2. The van der Waals surface area contributed by atoms with Crippen molar-refractivity contribution in [1.82, 2.24) is 25.3 Å². The van der Waals surface area contributed by atoms with Crippen LogP contribution in [0.15, 0.2) is 42.6 Å². The number of H-pyrrole nitrogens is 1. The zero-order chi connectivity index (χ0) is 19.9. The molecular weight excluding hydrogens is 366 g/mol. The molecule has 7 heteroatoms. The summed E-state index contributed by atoms with van der Waals surface area (Å²) in [6, 6.07) is 12.6. The standard InChI is InChI=1S/C22H31N5O2/c28-22(27-12-8-19(9-13-27)21-7-10-24-25-21)23-15-20-17-26(11-4-14-29-20)16-18-5-2-1-3-6-18/h1-3,5-7,10,19-20H,4,8-9,11-17H2,(H,23,28)(H,24,25)/t20-/m1/s1. The molecule has 4 rings (SSSR count). The van der Waals surface area contributed by atoms with Crippen LogP contribution < -0.4 is 5.32 Å². The molecule has 0 spiro atoms. The van der Waals surface area contributed by atoms with Gasteiger partial charge in [-0.2, -0.15) is 5.10 Å². The number of nitrogens with zero attached hydrogens (tertiary/aromatic N) is 3. The summed E-state index contributed by atoms with van der Waals surface area (Å²) in [5.41, 5.74) is 2.49. The van der Waals surface area contributed by atoms with Gasteiger partial charge >= 0.3 is 6.03 Å². The quantitative estimate of drug-likeness (QED) is 0.813. The van der Waals surface area contributed by atoms with E-state index in [1.807, 2.05) is 17.0 Å². The lowest BCUT2D eigenvalue weighted by Crippen LogP contribution is -2.47. The highest BCUT2D eigenvalue weighted by atomic mass is 16.5. The average molecular weight is 398 g/mol. The molecule has 1 aromatic carbocycles. The Morgan fingerprint density at radius 3 is 2.76 bits per heavy atom. The zero-order valence-corrected chi connectivity index (χ0v) is 16.9. The lowest BCUT2D eigenvalue weighted by molar-refractivity contribution is 0.0536. The smallest absolute Gasteiger partial charge is 0.317 e. The number of carbonyl (C=O) groups excluding carboxylic acids is 1. The van der Waals surface area contributed by atoms with Crippen LogP contribution in [0.2, 0.25) is 0 Å². The molecule has 2 aromatic rings. The van der Waals surface area contributed by atoms with Gasteiger partial charge in [-0.05, 0) is 30.9 Å². The predicted octanol–water partition coefficient (Wildman–Crippen LogP) is 2.59. The number of likely N-dealkylation sites (tertiary alicyclic amines) is 1. The van der Waals surface area contributed by atoms with Gasteiger partial charge in [0.15, 0.2) is 0 Å². The SMILES string of the molecule is O=C(NC[C@@H]1CN(Cc2ccccc2)CCCO1)N1CCC(c2ccn[nH]2)CC1. The van der Waals surface area contributed by atoms with E-state index in [1.54, 1.807) is 6.20 Å². The molecule has 0 aliphatic carbocycles. The molecule has 2 amide bonds. The minimum atomic E-state index is 0.0236. The molecule has 29 heavy (non-hydrogen) atoms. The van der Waals surface area contributed by atoms with Gasteiger partial charge in [0.05, 0.1) is 6.10 Å². The summed E-state index contributed by atoms with van der Waals surface area (Å²) in [4.78, 5) is 17.0. The van der Waals surface area contributed by atoms with Crippen molar-refractivity contribution >= 4 is 6.03 Å². The molecule has 0 bridgehead atoms. The van der Waals surface area contributed by atoms with E-state index in [0.717, 1.165) is 58.6 Å². The first-order chi connectivity index (χ1) is 14.3. The Labute approximate surface area is 172 Å². The van der Waals surface area contributed by atoms with E-state index in [0.29, 0.717) is 12.5 Å². The fraction of sp³-hybridized carbons (Fsp3) is 0.545. The number of rotatable bonds is 5. The van der Waals surface area contributed by atoms with Crippen molar-refractivity contribution in [2.75, 3.05) is 39.3 Å². The van der Waals surface area contributed by atoms with Gasteiger partial charge in [0.25, 0.3) is 0 Å². The molecule has 2 saturated heterocycles. The number of aromatic amines is 1. The Morgan fingerprint density at radius 2 is 2.00 bits per heavy atom. The van der Waals surface area contributed by atoms with Crippen molar-refractivity contribution in [2.45, 2.75) is 37.8 Å². The summed E-state index contributed by atoms with van der Waals surface area (Å²) >= 11 is 0. The Hall–Kier alpha value is -2.38. The highest BCUT2D eigenvalue weighted by Crippen LogP contribution is 2.26. The largest absolute Gasteiger partial charge is 0.375 e. The summed E-state index contributed by atoms with van der Waals surface area (Å²) in [6.45, 7) is 5.67. The van der Waals surface area contributed by atoms with Gasteiger partial charge in [-0.1, -0.05) is 30.3 Å². The first kappa shape index (κ1) is 19.9. The third kappa shape index (κ3) is 5.58. The van der Waals surface area contributed by atoms with Crippen molar-refractivity contribution in [3.63, 3.8) is 0 Å². The molecule has 2 aliphatic heterocycles. The van der Waals surface area contributed by atoms with Crippen molar-refractivity contribution in [2.24, 2.45) is 0 Å². The fourth-order valence-electron chi connectivity index (χ4n) is 4.28. The molecule has 3 heterocycles. The van der Waals surface area contributed by atoms with Crippen LogP contribution in [0.3, 0.4) is 0 Å². The zero-order valence-electron chi connectivity index (χ0n) is 16.9. The monoisotopic (exact) mass is 397 g/mol. The average Bonchev–Trinajstić information content (AvgIpc) is 3.21. The van der Waals surface area contributed by atoms with Crippen molar-refractivity contribution in [1.29, 1.82) is 0 Å². The van der Waals surface area contributed by atoms with E-state index >= 15 is 0 Å². The molecule has 1 atom stereocenters. The topological polar surface area (TPSA) is 73.5 Å². The van der Waals surface area contributed by atoms with Crippen LogP contribution >= 0.6 is 0 Å². The second-order valence-corrected chi connectivity index (χ2v) is 8.03. The van der Waals surface area contributed by atoms with Crippen molar-refractivity contribution < 1.29 is 9.53 Å². The van der Waals surface area contributed by atoms with Gasteiger partial charge in [0.1, 0.15) is 0 Å². The van der Waals surface area contributed by atoms with E-state index in [2.05, 4.69) is 44.7 Å². The molecule has 156 valence electrons. The number of benzene rings is 1. The molecule has 0 radical (unpaired) electrons. The normalized spacial score (nSPS) is 21.7. The Bertz CT molecular complexity index is 744. The molecule has 0 unspecified atom stereocenters. The Kier molecular flexibility index (Phi) is 6.79. The summed E-state index contributed by atoms with van der Waals surface area (Å²) in [7, 11) is 0.